The maximum atomic E-state index is 5.31. The fourth-order valence-corrected chi connectivity index (χ4v) is 2.45. The van der Waals surface area contributed by atoms with Crippen molar-refractivity contribution in [3.63, 3.8) is 0 Å². The zero-order valence-corrected chi connectivity index (χ0v) is 5.20. The molecule has 0 aromatic rings. The van der Waals surface area contributed by atoms with Crippen LogP contribution in [0.15, 0.2) is 0 Å². The first-order valence-corrected chi connectivity index (χ1v) is 3.16. The van der Waals surface area contributed by atoms with Gasteiger partial charge in [-0.05, 0) is 24.7 Å². The van der Waals surface area contributed by atoms with Crippen LogP contribution < -0.4 is 11.3 Å². The second-order valence-corrected chi connectivity index (χ2v) is 3.77. The molecule has 3 rings (SSSR count). The highest BCUT2D eigenvalue weighted by Crippen LogP contribution is 2.66. The summed E-state index contributed by atoms with van der Waals surface area (Å²) in [6.45, 7) is 2.33. The Hall–Kier alpha value is -0.0800. The number of rotatable bonds is 1. The van der Waals surface area contributed by atoms with Crippen molar-refractivity contribution in [1.29, 1.82) is 0 Å². The van der Waals surface area contributed by atoms with Gasteiger partial charge < -0.3 is 0 Å². The monoisotopic (exact) mass is 112 g/mol. The molecule has 3 N–H and O–H groups in total. The Morgan fingerprint density at radius 2 is 1.88 bits per heavy atom. The minimum absolute atomic E-state index is 0.398. The topological polar surface area (TPSA) is 38.0 Å². The van der Waals surface area contributed by atoms with Crippen molar-refractivity contribution in [2.75, 3.05) is 0 Å². The molecule has 0 aromatic carbocycles. The van der Waals surface area contributed by atoms with Crippen LogP contribution in [-0.2, 0) is 0 Å². The van der Waals surface area contributed by atoms with Gasteiger partial charge in [0, 0.05) is 5.54 Å². The van der Waals surface area contributed by atoms with Crippen molar-refractivity contribution in [1.82, 2.24) is 5.43 Å². The van der Waals surface area contributed by atoms with Gasteiger partial charge in [-0.25, -0.2) is 0 Å². The largest absolute Gasteiger partial charge is 0.271 e. The van der Waals surface area contributed by atoms with Crippen LogP contribution in [0.3, 0.4) is 0 Å². The zero-order valence-electron chi connectivity index (χ0n) is 5.20. The molecule has 3 aliphatic rings. The molecule has 0 spiro atoms. The minimum atomic E-state index is 0.398. The van der Waals surface area contributed by atoms with Crippen molar-refractivity contribution in [3.05, 3.63) is 0 Å². The molecule has 2 bridgehead atoms. The van der Waals surface area contributed by atoms with Crippen molar-refractivity contribution in [3.8, 4) is 0 Å². The van der Waals surface area contributed by atoms with E-state index in [1.807, 2.05) is 0 Å². The van der Waals surface area contributed by atoms with Gasteiger partial charge in [-0.15, -0.1) is 0 Å². The molecule has 0 unspecified atom stereocenters. The summed E-state index contributed by atoms with van der Waals surface area (Å²) in [6.07, 6.45) is 3.91. The van der Waals surface area contributed by atoms with Crippen LogP contribution in [0.4, 0.5) is 0 Å². The lowest BCUT2D eigenvalue weighted by atomic mass is 9.40. The van der Waals surface area contributed by atoms with E-state index < -0.39 is 0 Å². The van der Waals surface area contributed by atoms with Crippen LogP contribution in [0.5, 0.6) is 0 Å². The number of nitrogens with two attached hydrogens (primary N) is 1. The first kappa shape index (κ1) is 4.77. The van der Waals surface area contributed by atoms with Gasteiger partial charge in [-0.3, -0.25) is 11.3 Å². The Kier molecular flexibility index (Phi) is 0.570. The summed E-state index contributed by atoms with van der Waals surface area (Å²) in [6, 6.07) is 0. The fraction of sp³-hybridized carbons (Fsp3) is 1.00. The molecule has 0 amide bonds. The summed E-state index contributed by atoms with van der Waals surface area (Å²) in [5, 5.41) is 0. The normalized spacial score (nSPS) is 59.2. The number of hydrogen-bond donors (Lipinski definition) is 2. The van der Waals surface area contributed by atoms with Crippen molar-refractivity contribution < 1.29 is 0 Å². The molecule has 3 fully saturated rings. The Morgan fingerprint density at radius 3 is 2.00 bits per heavy atom. The van der Waals surface area contributed by atoms with E-state index in [9.17, 15) is 0 Å². The summed E-state index contributed by atoms with van der Waals surface area (Å²) in [7, 11) is 0. The maximum absolute atomic E-state index is 5.31. The van der Waals surface area contributed by atoms with Gasteiger partial charge in [0.05, 0.1) is 0 Å². The number of hydrazine groups is 1. The standard InChI is InChI=1S/C6H12N2/c1-5-2-6(3-5,4-5)8-7/h8H,2-4,7H2,1H3. The van der Waals surface area contributed by atoms with E-state index in [0.717, 1.165) is 0 Å². The Morgan fingerprint density at radius 1 is 1.38 bits per heavy atom. The van der Waals surface area contributed by atoms with Gasteiger partial charge in [0.2, 0.25) is 0 Å². The molecule has 0 atom stereocenters. The van der Waals surface area contributed by atoms with E-state index in [-0.39, 0.29) is 0 Å². The molecule has 0 saturated heterocycles. The van der Waals surface area contributed by atoms with E-state index in [1.165, 1.54) is 19.3 Å². The molecule has 0 aliphatic heterocycles. The summed E-state index contributed by atoms with van der Waals surface area (Å²) >= 11 is 0. The summed E-state index contributed by atoms with van der Waals surface area (Å²) < 4.78 is 0. The van der Waals surface area contributed by atoms with Crippen LogP contribution in [0.25, 0.3) is 0 Å². The van der Waals surface area contributed by atoms with Gasteiger partial charge in [0.15, 0.2) is 0 Å². The van der Waals surface area contributed by atoms with E-state index in [1.54, 1.807) is 0 Å². The van der Waals surface area contributed by atoms with Gasteiger partial charge in [-0.2, -0.15) is 0 Å². The van der Waals surface area contributed by atoms with Crippen LogP contribution in [0.1, 0.15) is 26.2 Å². The Bertz CT molecular complexity index is 111. The Balaban J connectivity index is 2.04. The van der Waals surface area contributed by atoms with Crippen molar-refractivity contribution >= 4 is 0 Å². The highest BCUT2D eigenvalue weighted by atomic mass is 15.3. The average Bonchev–Trinajstić information content (AvgIpc) is 1.55. The molecular weight excluding hydrogens is 100 g/mol. The maximum Gasteiger partial charge on any atom is 0.0337 e. The summed E-state index contributed by atoms with van der Waals surface area (Å²) in [4.78, 5) is 0. The van der Waals surface area contributed by atoms with E-state index in [2.05, 4.69) is 12.3 Å². The number of hydrogen-bond acceptors (Lipinski definition) is 2. The highest BCUT2D eigenvalue weighted by molar-refractivity contribution is 5.20. The molecule has 46 valence electrons. The van der Waals surface area contributed by atoms with Crippen molar-refractivity contribution in [2.24, 2.45) is 11.3 Å². The summed E-state index contributed by atoms with van der Waals surface area (Å²) in [5.74, 6) is 5.31. The smallest absolute Gasteiger partial charge is 0.0337 e. The quantitative estimate of drug-likeness (QED) is 0.380. The van der Waals surface area contributed by atoms with E-state index in [4.69, 9.17) is 5.84 Å². The molecule has 2 nitrogen and oxygen atoms in total. The third kappa shape index (κ3) is 0.327. The molecule has 3 saturated carbocycles. The van der Waals surface area contributed by atoms with Gasteiger partial charge in [-0.1, -0.05) is 6.92 Å². The van der Waals surface area contributed by atoms with Crippen molar-refractivity contribution in [2.45, 2.75) is 31.7 Å². The lowest BCUT2D eigenvalue weighted by molar-refractivity contribution is -0.140. The van der Waals surface area contributed by atoms with Gasteiger partial charge in [0.25, 0.3) is 0 Å². The first-order valence-electron chi connectivity index (χ1n) is 3.16. The van der Waals surface area contributed by atoms with Crippen LogP contribution in [0.2, 0.25) is 0 Å². The molecule has 0 radical (unpaired) electrons. The second-order valence-electron chi connectivity index (χ2n) is 3.77. The summed E-state index contributed by atoms with van der Waals surface area (Å²) in [5.41, 5.74) is 3.95. The zero-order chi connectivity index (χ0) is 5.83. The van der Waals surface area contributed by atoms with Gasteiger partial charge >= 0.3 is 0 Å². The minimum Gasteiger partial charge on any atom is -0.271 e. The first-order chi connectivity index (χ1) is 3.68. The van der Waals surface area contributed by atoms with E-state index >= 15 is 0 Å². The predicted molar refractivity (Wildman–Crippen MR) is 32.0 cm³/mol. The second kappa shape index (κ2) is 0.957. The fourth-order valence-electron chi connectivity index (χ4n) is 2.45. The predicted octanol–water partition coefficient (Wildman–Crippen LogP) is 0.392. The van der Waals surface area contributed by atoms with E-state index in [0.29, 0.717) is 11.0 Å². The highest BCUT2D eigenvalue weighted by Gasteiger charge is 2.64. The van der Waals surface area contributed by atoms with Gasteiger partial charge in [0.1, 0.15) is 0 Å². The molecule has 2 heteroatoms. The Labute approximate surface area is 49.4 Å². The molecular formula is C6H12N2. The van der Waals surface area contributed by atoms with Crippen LogP contribution in [-0.4, -0.2) is 5.54 Å². The van der Waals surface area contributed by atoms with Crippen LogP contribution >= 0.6 is 0 Å². The third-order valence-electron chi connectivity index (χ3n) is 2.60. The lowest BCUT2D eigenvalue weighted by Gasteiger charge is -2.69. The third-order valence-corrected chi connectivity index (χ3v) is 2.60. The van der Waals surface area contributed by atoms with Crippen LogP contribution in [0, 0.1) is 5.41 Å². The SMILES string of the molecule is CC12CC(NN)(C1)C2. The average molecular weight is 112 g/mol. The molecule has 3 aliphatic carbocycles. The molecule has 0 heterocycles. The molecule has 8 heavy (non-hydrogen) atoms. The lowest BCUT2D eigenvalue weighted by Crippen LogP contribution is -2.74. The number of nitrogens with one attached hydrogen (secondary N) is 1. The molecule has 0 aromatic heterocycles.